The lowest BCUT2D eigenvalue weighted by atomic mass is 10.2. The van der Waals surface area contributed by atoms with Gasteiger partial charge >= 0.3 is 0 Å². The predicted molar refractivity (Wildman–Crippen MR) is 59.6 cm³/mol. The quantitative estimate of drug-likeness (QED) is 0.652. The Labute approximate surface area is 90.2 Å². The highest BCUT2D eigenvalue weighted by atomic mass is 32.2. The van der Waals surface area contributed by atoms with Gasteiger partial charge in [0.2, 0.25) is 5.91 Å². The third-order valence-corrected chi connectivity index (χ3v) is 3.05. The van der Waals surface area contributed by atoms with E-state index >= 15 is 0 Å². The summed E-state index contributed by atoms with van der Waals surface area (Å²) in [5.74, 6) is 1.46. The molecule has 0 radical (unpaired) electrons. The molecule has 0 aliphatic carbocycles. The van der Waals surface area contributed by atoms with Crippen molar-refractivity contribution in [3.8, 4) is 0 Å². The Morgan fingerprint density at radius 2 is 2.07 bits per heavy atom. The molecule has 1 saturated heterocycles. The molecule has 0 bridgehead atoms. The first-order chi connectivity index (χ1) is 6.84. The number of morpholine rings is 1. The van der Waals surface area contributed by atoms with Crippen LogP contribution in [0, 0.1) is 0 Å². The number of amides is 1. The lowest BCUT2D eigenvalue weighted by Gasteiger charge is -2.26. The molecule has 1 aliphatic heterocycles. The van der Waals surface area contributed by atoms with Crippen molar-refractivity contribution in [2.24, 2.45) is 0 Å². The van der Waals surface area contributed by atoms with Gasteiger partial charge in [0, 0.05) is 19.5 Å². The van der Waals surface area contributed by atoms with Gasteiger partial charge in [-0.15, -0.1) is 0 Å². The van der Waals surface area contributed by atoms with Gasteiger partial charge in [0.05, 0.1) is 13.2 Å². The van der Waals surface area contributed by atoms with Gasteiger partial charge in [0.15, 0.2) is 0 Å². The molecule has 0 aromatic rings. The van der Waals surface area contributed by atoms with Gasteiger partial charge in [-0.1, -0.05) is 0 Å². The van der Waals surface area contributed by atoms with E-state index in [4.69, 9.17) is 4.74 Å². The van der Waals surface area contributed by atoms with Crippen molar-refractivity contribution in [2.45, 2.75) is 19.3 Å². The van der Waals surface area contributed by atoms with Gasteiger partial charge in [0.1, 0.15) is 0 Å². The van der Waals surface area contributed by atoms with E-state index in [0.717, 1.165) is 31.7 Å². The molecule has 1 amide bonds. The Kier molecular flexibility index (Phi) is 6.03. The molecule has 14 heavy (non-hydrogen) atoms. The molecule has 0 aromatic carbocycles. The smallest absolute Gasteiger partial charge is 0.222 e. The van der Waals surface area contributed by atoms with Gasteiger partial charge in [-0.25, -0.2) is 0 Å². The molecular weight excluding hydrogens is 198 g/mol. The van der Waals surface area contributed by atoms with Crippen molar-refractivity contribution in [1.82, 2.24) is 4.90 Å². The molecule has 1 heterocycles. The molecule has 0 aromatic heterocycles. The van der Waals surface area contributed by atoms with Crippen LogP contribution in [0.5, 0.6) is 0 Å². The minimum absolute atomic E-state index is 0.300. The molecule has 4 heteroatoms. The monoisotopic (exact) mass is 217 g/mol. The highest BCUT2D eigenvalue weighted by Gasteiger charge is 2.15. The van der Waals surface area contributed by atoms with Crippen LogP contribution in [-0.4, -0.2) is 49.1 Å². The Morgan fingerprint density at radius 3 is 2.71 bits per heavy atom. The van der Waals surface area contributed by atoms with E-state index < -0.39 is 0 Å². The highest BCUT2D eigenvalue weighted by Crippen LogP contribution is 2.06. The minimum Gasteiger partial charge on any atom is -0.378 e. The van der Waals surface area contributed by atoms with E-state index in [9.17, 15) is 4.79 Å². The zero-order chi connectivity index (χ0) is 10.2. The summed E-state index contributed by atoms with van der Waals surface area (Å²) in [5.41, 5.74) is 0. The van der Waals surface area contributed by atoms with Crippen LogP contribution in [0.3, 0.4) is 0 Å². The third kappa shape index (κ3) is 4.33. The Hall–Kier alpha value is -0.220. The van der Waals surface area contributed by atoms with Crippen LogP contribution < -0.4 is 0 Å². The first-order valence-corrected chi connectivity index (χ1v) is 6.58. The fourth-order valence-electron chi connectivity index (χ4n) is 1.49. The molecule has 0 unspecified atom stereocenters. The summed E-state index contributed by atoms with van der Waals surface area (Å²) in [6.07, 6.45) is 4.98. The maximum absolute atomic E-state index is 11.6. The second-order valence-electron chi connectivity index (χ2n) is 3.44. The average Bonchev–Trinajstić information content (AvgIpc) is 2.25. The molecule has 0 atom stereocenters. The van der Waals surface area contributed by atoms with Crippen molar-refractivity contribution >= 4 is 17.7 Å². The van der Waals surface area contributed by atoms with Crippen LogP contribution >= 0.6 is 11.8 Å². The lowest BCUT2D eigenvalue weighted by Crippen LogP contribution is -2.40. The Bertz CT molecular complexity index is 170. The maximum Gasteiger partial charge on any atom is 0.222 e. The third-order valence-electron chi connectivity index (χ3n) is 2.35. The highest BCUT2D eigenvalue weighted by molar-refractivity contribution is 7.98. The van der Waals surface area contributed by atoms with Gasteiger partial charge in [0.25, 0.3) is 0 Å². The zero-order valence-electron chi connectivity index (χ0n) is 8.83. The van der Waals surface area contributed by atoms with Crippen LogP contribution in [0.15, 0.2) is 0 Å². The second kappa shape index (κ2) is 7.12. The normalized spacial score (nSPS) is 17.1. The predicted octanol–water partition coefficient (Wildman–Crippen LogP) is 1.38. The second-order valence-corrected chi connectivity index (χ2v) is 4.43. The van der Waals surface area contributed by atoms with Crippen LogP contribution in [0.4, 0.5) is 0 Å². The Balaban J connectivity index is 2.07. The maximum atomic E-state index is 11.6. The number of rotatable bonds is 5. The number of ether oxygens (including phenoxy) is 1. The number of hydrogen-bond acceptors (Lipinski definition) is 3. The van der Waals surface area contributed by atoms with Crippen molar-refractivity contribution in [3.63, 3.8) is 0 Å². The van der Waals surface area contributed by atoms with E-state index in [1.165, 1.54) is 0 Å². The summed E-state index contributed by atoms with van der Waals surface area (Å²) < 4.78 is 5.20. The first kappa shape index (κ1) is 11.9. The van der Waals surface area contributed by atoms with Crippen molar-refractivity contribution in [2.75, 3.05) is 38.3 Å². The molecular formula is C10H19NO2S. The van der Waals surface area contributed by atoms with E-state index in [1.807, 2.05) is 16.7 Å². The molecule has 1 rings (SSSR count). The summed E-state index contributed by atoms with van der Waals surface area (Å²) in [7, 11) is 0. The van der Waals surface area contributed by atoms with Gasteiger partial charge < -0.3 is 9.64 Å². The van der Waals surface area contributed by atoms with Crippen molar-refractivity contribution in [1.29, 1.82) is 0 Å². The number of carbonyl (C=O) groups is 1. The lowest BCUT2D eigenvalue weighted by molar-refractivity contribution is -0.135. The number of hydrogen-bond donors (Lipinski definition) is 0. The molecule has 82 valence electrons. The average molecular weight is 217 g/mol. The van der Waals surface area contributed by atoms with Gasteiger partial charge in [-0.3, -0.25) is 4.79 Å². The van der Waals surface area contributed by atoms with E-state index in [1.54, 1.807) is 0 Å². The summed E-state index contributed by atoms with van der Waals surface area (Å²) in [5, 5.41) is 0. The van der Waals surface area contributed by atoms with Crippen LogP contribution in [0.25, 0.3) is 0 Å². The number of unbranched alkanes of at least 4 members (excludes halogenated alkanes) is 1. The standard InChI is InChI=1S/C10H19NO2S/c1-14-9-3-2-4-10(12)11-5-7-13-8-6-11/h2-9H2,1H3. The molecule has 0 saturated carbocycles. The van der Waals surface area contributed by atoms with Crippen LogP contribution in [0.2, 0.25) is 0 Å². The largest absolute Gasteiger partial charge is 0.378 e. The summed E-state index contributed by atoms with van der Waals surface area (Å²) >= 11 is 1.84. The van der Waals surface area contributed by atoms with Gasteiger partial charge in [-0.2, -0.15) is 11.8 Å². The van der Waals surface area contributed by atoms with Crippen LogP contribution in [0.1, 0.15) is 19.3 Å². The van der Waals surface area contributed by atoms with E-state index in [0.29, 0.717) is 25.5 Å². The number of nitrogens with zero attached hydrogens (tertiary/aromatic N) is 1. The van der Waals surface area contributed by atoms with E-state index in [-0.39, 0.29) is 0 Å². The minimum atomic E-state index is 0.300. The molecule has 0 N–H and O–H groups in total. The van der Waals surface area contributed by atoms with Crippen molar-refractivity contribution in [3.05, 3.63) is 0 Å². The fourth-order valence-corrected chi connectivity index (χ4v) is 1.99. The van der Waals surface area contributed by atoms with E-state index in [2.05, 4.69) is 6.26 Å². The first-order valence-electron chi connectivity index (χ1n) is 5.19. The molecule has 1 fully saturated rings. The SMILES string of the molecule is CSCCCCC(=O)N1CCOCC1. The van der Waals surface area contributed by atoms with Crippen molar-refractivity contribution < 1.29 is 9.53 Å². The Morgan fingerprint density at radius 1 is 1.36 bits per heavy atom. The summed E-state index contributed by atoms with van der Waals surface area (Å²) in [6.45, 7) is 2.97. The fraction of sp³-hybridized carbons (Fsp3) is 0.900. The van der Waals surface area contributed by atoms with Crippen LogP contribution in [-0.2, 0) is 9.53 Å². The summed E-state index contributed by atoms with van der Waals surface area (Å²) in [6, 6.07) is 0. The molecule has 3 nitrogen and oxygen atoms in total. The molecule has 0 spiro atoms. The topological polar surface area (TPSA) is 29.5 Å². The van der Waals surface area contributed by atoms with Gasteiger partial charge in [-0.05, 0) is 24.9 Å². The molecule has 1 aliphatic rings. The number of carbonyl (C=O) groups excluding carboxylic acids is 1. The number of thioether (sulfide) groups is 1. The zero-order valence-corrected chi connectivity index (χ0v) is 9.65. The summed E-state index contributed by atoms with van der Waals surface area (Å²) in [4.78, 5) is 13.5.